The van der Waals surface area contributed by atoms with Crippen molar-refractivity contribution in [2.75, 3.05) is 19.8 Å². The van der Waals surface area contributed by atoms with E-state index in [1.54, 1.807) is 6.07 Å². The van der Waals surface area contributed by atoms with Gasteiger partial charge in [0.1, 0.15) is 11.4 Å². The van der Waals surface area contributed by atoms with Gasteiger partial charge in [-0.2, -0.15) is 0 Å². The monoisotopic (exact) mass is 361 g/mol. The summed E-state index contributed by atoms with van der Waals surface area (Å²) in [5.41, 5.74) is -1.16. The number of halogens is 1. The highest BCUT2D eigenvalue weighted by molar-refractivity contribution is 5.93. The van der Waals surface area contributed by atoms with Crippen LogP contribution >= 0.6 is 0 Å². The van der Waals surface area contributed by atoms with Gasteiger partial charge in [-0.1, -0.05) is 12.1 Å². The lowest BCUT2D eigenvalue weighted by Crippen LogP contribution is -2.46. The summed E-state index contributed by atoms with van der Waals surface area (Å²) < 4.78 is 20.2. The maximum Gasteiger partial charge on any atom is 0.328 e. The number of ether oxygens (including phenoxy) is 1. The Morgan fingerprint density at radius 1 is 1.35 bits per heavy atom. The minimum absolute atomic E-state index is 0.145. The number of hydrogen-bond acceptors (Lipinski definition) is 4. The van der Waals surface area contributed by atoms with E-state index in [0.29, 0.717) is 26.1 Å². The highest BCUT2D eigenvalue weighted by atomic mass is 19.1. The quantitative estimate of drug-likeness (QED) is 0.838. The van der Waals surface area contributed by atoms with Gasteiger partial charge in [-0.3, -0.25) is 14.6 Å². The molecule has 3 rings (SSSR count). The predicted octanol–water partition coefficient (Wildman–Crippen LogP) is 0.691. The van der Waals surface area contributed by atoms with E-state index in [2.05, 4.69) is 10.3 Å². The van der Waals surface area contributed by atoms with Gasteiger partial charge in [-0.15, -0.1) is 0 Å². The molecular formula is C18H20FN3O4. The SMILES string of the molecule is Cn1cc(C(=O)NCC2(c3cccc(F)c3)CCOCC2)c(=O)[nH]c1=O. The van der Waals surface area contributed by atoms with Crippen molar-refractivity contribution >= 4 is 5.91 Å². The van der Waals surface area contributed by atoms with E-state index in [-0.39, 0.29) is 17.9 Å². The molecule has 0 aliphatic carbocycles. The highest BCUT2D eigenvalue weighted by Crippen LogP contribution is 2.34. The first-order valence-corrected chi connectivity index (χ1v) is 8.33. The number of amides is 1. The molecule has 1 saturated heterocycles. The summed E-state index contributed by atoms with van der Waals surface area (Å²) in [5, 5.41) is 2.76. The van der Waals surface area contributed by atoms with Crippen LogP contribution in [0.15, 0.2) is 40.1 Å². The van der Waals surface area contributed by atoms with Crippen LogP contribution in [0, 0.1) is 5.82 Å². The Bertz CT molecular complexity index is 929. The third-order valence-corrected chi connectivity index (χ3v) is 4.83. The van der Waals surface area contributed by atoms with Crippen LogP contribution in [0.2, 0.25) is 0 Å². The molecule has 0 saturated carbocycles. The van der Waals surface area contributed by atoms with Crippen molar-refractivity contribution in [2.45, 2.75) is 18.3 Å². The lowest BCUT2D eigenvalue weighted by Gasteiger charge is -2.38. The van der Waals surface area contributed by atoms with Crippen LogP contribution < -0.4 is 16.6 Å². The van der Waals surface area contributed by atoms with E-state index in [4.69, 9.17) is 4.74 Å². The fourth-order valence-electron chi connectivity index (χ4n) is 3.22. The van der Waals surface area contributed by atoms with Gasteiger partial charge in [0, 0.05) is 38.4 Å². The normalized spacial score (nSPS) is 16.2. The summed E-state index contributed by atoms with van der Waals surface area (Å²) >= 11 is 0. The molecule has 0 bridgehead atoms. The molecule has 1 aliphatic rings. The van der Waals surface area contributed by atoms with Crippen LogP contribution in [0.5, 0.6) is 0 Å². The van der Waals surface area contributed by atoms with Gasteiger partial charge in [0.05, 0.1) is 0 Å². The molecule has 1 aromatic heterocycles. The number of aromatic amines is 1. The zero-order valence-corrected chi connectivity index (χ0v) is 14.4. The second-order valence-corrected chi connectivity index (χ2v) is 6.50. The third-order valence-electron chi connectivity index (χ3n) is 4.83. The van der Waals surface area contributed by atoms with Crippen molar-refractivity contribution in [3.8, 4) is 0 Å². The number of rotatable bonds is 4. The van der Waals surface area contributed by atoms with Crippen molar-refractivity contribution in [1.29, 1.82) is 0 Å². The number of nitrogens with zero attached hydrogens (tertiary/aromatic N) is 1. The number of benzene rings is 1. The van der Waals surface area contributed by atoms with Gasteiger partial charge in [-0.25, -0.2) is 9.18 Å². The van der Waals surface area contributed by atoms with Crippen LogP contribution in [0.4, 0.5) is 4.39 Å². The van der Waals surface area contributed by atoms with Gasteiger partial charge < -0.3 is 14.6 Å². The molecule has 1 fully saturated rings. The average Bonchev–Trinajstić information content (AvgIpc) is 2.63. The van der Waals surface area contributed by atoms with Crippen molar-refractivity contribution in [2.24, 2.45) is 7.05 Å². The van der Waals surface area contributed by atoms with E-state index >= 15 is 0 Å². The lowest BCUT2D eigenvalue weighted by molar-refractivity contribution is 0.0486. The van der Waals surface area contributed by atoms with E-state index < -0.39 is 22.6 Å². The molecule has 7 nitrogen and oxygen atoms in total. The summed E-state index contributed by atoms with van der Waals surface area (Å²) in [7, 11) is 1.45. The molecule has 2 heterocycles. The summed E-state index contributed by atoms with van der Waals surface area (Å²) in [5.74, 6) is -0.918. The van der Waals surface area contributed by atoms with Gasteiger partial charge in [0.15, 0.2) is 0 Å². The van der Waals surface area contributed by atoms with Gasteiger partial charge in [-0.05, 0) is 30.5 Å². The number of aryl methyl sites for hydroxylation is 1. The number of carbonyl (C=O) groups excluding carboxylic acids is 1. The van der Waals surface area contributed by atoms with Crippen LogP contribution in [0.1, 0.15) is 28.8 Å². The maximum atomic E-state index is 13.7. The molecule has 0 atom stereocenters. The zero-order chi connectivity index (χ0) is 18.7. The highest BCUT2D eigenvalue weighted by Gasteiger charge is 2.35. The molecule has 138 valence electrons. The second kappa shape index (κ2) is 7.25. The van der Waals surface area contributed by atoms with Crippen molar-refractivity contribution in [3.05, 3.63) is 68.2 Å². The minimum atomic E-state index is -0.739. The first kappa shape index (κ1) is 18.1. The lowest BCUT2D eigenvalue weighted by atomic mass is 9.74. The van der Waals surface area contributed by atoms with Crippen LogP contribution in [-0.2, 0) is 17.2 Å². The Morgan fingerprint density at radius 3 is 2.77 bits per heavy atom. The molecule has 26 heavy (non-hydrogen) atoms. The van der Waals surface area contributed by atoms with Crippen molar-refractivity contribution in [3.63, 3.8) is 0 Å². The Morgan fingerprint density at radius 2 is 2.08 bits per heavy atom. The molecule has 2 aromatic rings. The van der Waals surface area contributed by atoms with Crippen LogP contribution in [-0.4, -0.2) is 35.2 Å². The van der Waals surface area contributed by atoms with Gasteiger partial charge in [0.2, 0.25) is 0 Å². The van der Waals surface area contributed by atoms with E-state index in [1.807, 2.05) is 6.07 Å². The van der Waals surface area contributed by atoms with Crippen LogP contribution in [0.25, 0.3) is 0 Å². The van der Waals surface area contributed by atoms with Crippen LogP contribution in [0.3, 0.4) is 0 Å². The standard InChI is InChI=1S/C18H20FN3O4/c1-22-10-14(16(24)21-17(22)25)15(23)20-11-18(5-7-26-8-6-18)12-3-2-4-13(19)9-12/h2-4,9-10H,5-8,11H2,1H3,(H,20,23)(H,21,24,25). The average molecular weight is 361 g/mol. The second-order valence-electron chi connectivity index (χ2n) is 6.50. The minimum Gasteiger partial charge on any atom is -0.381 e. The first-order valence-electron chi connectivity index (χ1n) is 8.33. The van der Waals surface area contributed by atoms with Gasteiger partial charge >= 0.3 is 5.69 Å². The molecule has 2 N–H and O–H groups in total. The summed E-state index contributed by atoms with van der Waals surface area (Å²) in [4.78, 5) is 37.9. The number of nitrogens with one attached hydrogen (secondary N) is 2. The number of aromatic nitrogens is 2. The Balaban J connectivity index is 1.85. The molecule has 0 unspecified atom stereocenters. The molecule has 1 aromatic carbocycles. The smallest absolute Gasteiger partial charge is 0.328 e. The number of carbonyl (C=O) groups is 1. The largest absolute Gasteiger partial charge is 0.381 e. The first-order chi connectivity index (χ1) is 12.4. The summed E-state index contributed by atoms with van der Waals surface area (Å²) in [6.45, 7) is 1.25. The van der Waals surface area contributed by atoms with Gasteiger partial charge in [0.25, 0.3) is 11.5 Å². The maximum absolute atomic E-state index is 13.7. The van der Waals surface area contributed by atoms with Crippen molar-refractivity contribution < 1.29 is 13.9 Å². The number of hydrogen-bond donors (Lipinski definition) is 2. The zero-order valence-electron chi connectivity index (χ0n) is 14.4. The van der Waals surface area contributed by atoms with E-state index in [0.717, 1.165) is 10.1 Å². The molecule has 0 radical (unpaired) electrons. The fourth-order valence-corrected chi connectivity index (χ4v) is 3.22. The Labute approximate surface area is 148 Å². The summed E-state index contributed by atoms with van der Waals surface area (Å²) in [6, 6.07) is 6.32. The topological polar surface area (TPSA) is 93.2 Å². The molecule has 0 spiro atoms. The molecule has 8 heteroatoms. The van der Waals surface area contributed by atoms with Crippen molar-refractivity contribution in [1.82, 2.24) is 14.9 Å². The molecule has 1 amide bonds. The Hall–Kier alpha value is -2.74. The number of H-pyrrole nitrogens is 1. The fraction of sp³-hybridized carbons (Fsp3) is 0.389. The van der Waals surface area contributed by atoms with E-state index in [9.17, 15) is 18.8 Å². The molecular weight excluding hydrogens is 341 g/mol. The van der Waals surface area contributed by atoms with E-state index in [1.165, 1.54) is 25.4 Å². The Kier molecular flexibility index (Phi) is 5.03. The summed E-state index contributed by atoms with van der Waals surface area (Å²) in [6.07, 6.45) is 2.45. The third kappa shape index (κ3) is 3.60. The molecule has 1 aliphatic heterocycles. The predicted molar refractivity (Wildman–Crippen MR) is 92.8 cm³/mol.